The Morgan fingerprint density at radius 1 is 0.967 bits per heavy atom. The van der Waals surface area contributed by atoms with Crippen LogP contribution in [0, 0.1) is 11.6 Å². The Morgan fingerprint density at radius 3 is 2.30 bits per heavy atom. The van der Waals surface area contributed by atoms with Gasteiger partial charge in [0.1, 0.15) is 0 Å². The van der Waals surface area contributed by atoms with Crippen LogP contribution in [0.4, 0.5) is 8.78 Å². The minimum Gasteiger partial charge on any atom is -0.352 e. The zero-order valence-electron chi connectivity index (χ0n) is 16.5. The van der Waals surface area contributed by atoms with Gasteiger partial charge < -0.3 is 5.32 Å². The number of nitrogens with zero attached hydrogens (tertiary/aromatic N) is 1. The average molecular weight is 438 g/mol. The molecule has 1 saturated heterocycles. The first-order valence-corrected chi connectivity index (χ1v) is 11.3. The SMILES string of the molecule is O=C(CCNS(=O)(=O)c1ccc(F)c(F)c1)NCc1ccc(CN2CCCC2)cc1. The number of likely N-dealkylation sites (tertiary alicyclic amines) is 1. The molecule has 1 aliphatic heterocycles. The molecule has 0 atom stereocenters. The van der Waals surface area contributed by atoms with Gasteiger partial charge in [-0.2, -0.15) is 0 Å². The molecule has 162 valence electrons. The maximum Gasteiger partial charge on any atom is 0.240 e. The molecule has 6 nitrogen and oxygen atoms in total. The van der Waals surface area contributed by atoms with Crippen molar-refractivity contribution >= 4 is 15.9 Å². The quantitative estimate of drug-likeness (QED) is 0.632. The van der Waals surface area contributed by atoms with Gasteiger partial charge in [0.25, 0.3) is 0 Å². The largest absolute Gasteiger partial charge is 0.352 e. The maximum atomic E-state index is 13.2. The van der Waals surface area contributed by atoms with Crippen molar-refractivity contribution in [2.45, 2.75) is 37.2 Å². The highest BCUT2D eigenvalue weighted by Crippen LogP contribution is 2.14. The number of carbonyl (C=O) groups is 1. The number of nitrogens with one attached hydrogen (secondary N) is 2. The van der Waals surface area contributed by atoms with Gasteiger partial charge in [-0.05, 0) is 55.3 Å². The minimum atomic E-state index is -4.02. The van der Waals surface area contributed by atoms with E-state index in [1.807, 2.05) is 12.1 Å². The third-order valence-electron chi connectivity index (χ3n) is 4.96. The lowest BCUT2D eigenvalue weighted by Gasteiger charge is -2.14. The highest BCUT2D eigenvalue weighted by atomic mass is 32.2. The summed E-state index contributed by atoms with van der Waals surface area (Å²) in [5, 5.41) is 2.74. The molecule has 0 unspecified atom stereocenters. The van der Waals surface area contributed by atoms with Crippen molar-refractivity contribution in [2.24, 2.45) is 0 Å². The Balaban J connectivity index is 1.40. The van der Waals surface area contributed by atoms with Crippen LogP contribution in [0.1, 0.15) is 30.4 Å². The molecule has 0 aromatic heterocycles. The van der Waals surface area contributed by atoms with Crippen molar-refractivity contribution in [3.05, 3.63) is 65.2 Å². The van der Waals surface area contributed by atoms with Crippen molar-refractivity contribution in [1.82, 2.24) is 14.9 Å². The van der Waals surface area contributed by atoms with Crippen LogP contribution in [-0.2, 0) is 27.9 Å². The molecule has 0 aliphatic carbocycles. The molecule has 2 N–H and O–H groups in total. The number of hydrogen-bond acceptors (Lipinski definition) is 4. The smallest absolute Gasteiger partial charge is 0.240 e. The van der Waals surface area contributed by atoms with Gasteiger partial charge in [-0.25, -0.2) is 21.9 Å². The van der Waals surface area contributed by atoms with E-state index >= 15 is 0 Å². The summed E-state index contributed by atoms with van der Waals surface area (Å²) in [5.41, 5.74) is 2.19. The van der Waals surface area contributed by atoms with Crippen LogP contribution in [0.15, 0.2) is 47.4 Å². The summed E-state index contributed by atoms with van der Waals surface area (Å²) in [4.78, 5) is 14.0. The van der Waals surface area contributed by atoms with Gasteiger partial charge >= 0.3 is 0 Å². The molecule has 9 heteroatoms. The highest BCUT2D eigenvalue weighted by Gasteiger charge is 2.16. The molecule has 30 heavy (non-hydrogen) atoms. The number of hydrogen-bond donors (Lipinski definition) is 2. The predicted molar refractivity (Wildman–Crippen MR) is 109 cm³/mol. The molecule has 3 rings (SSSR count). The average Bonchev–Trinajstić information content (AvgIpc) is 3.22. The summed E-state index contributed by atoms with van der Waals surface area (Å²) >= 11 is 0. The fourth-order valence-corrected chi connectivity index (χ4v) is 4.32. The van der Waals surface area contributed by atoms with Gasteiger partial charge in [0, 0.05) is 26.1 Å². The van der Waals surface area contributed by atoms with Gasteiger partial charge in [0.15, 0.2) is 11.6 Å². The maximum absolute atomic E-state index is 13.2. The first kappa shape index (κ1) is 22.3. The summed E-state index contributed by atoms with van der Waals surface area (Å²) in [6.07, 6.45) is 2.43. The number of rotatable bonds is 9. The number of carbonyl (C=O) groups excluding carboxylic acids is 1. The van der Waals surface area contributed by atoms with Crippen LogP contribution < -0.4 is 10.0 Å². The lowest BCUT2D eigenvalue weighted by Crippen LogP contribution is -2.30. The summed E-state index contributed by atoms with van der Waals surface area (Å²) in [7, 11) is -4.02. The molecular formula is C21H25F2N3O3S. The Kier molecular flexibility index (Phi) is 7.52. The number of sulfonamides is 1. The van der Waals surface area contributed by atoms with Gasteiger partial charge in [0.05, 0.1) is 4.90 Å². The first-order valence-electron chi connectivity index (χ1n) is 9.85. The van der Waals surface area contributed by atoms with Crippen LogP contribution in [0.25, 0.3) is 0 Å². The Morgan fingerprint density at radius 2 is 1.63 bits per heavy atom. The zero-order chi connectivity index (χ0) is 21.6. The van der Waals surface area contributed by atoms with Crippen molar-refractivity contribution in [2.75, 3.05) is 19.6 Å². The van der Waals surface area contributed by atoms with E-state index < -0.39 is 26.6 Å². The van der Waals surface area contributed by atoms with Gasteiger partial charge in [-0.3, -0.25) is 9.69 Å². The predicted octanol–water partition coefficient (Wildman–Crippen LogP) is 2.55. The molecule has 0 saturated carbocycles. The van der Waals surface area contributed by atoms with Crippen LogP contribution >= 0.6 is 0 Å². The first-order chi connectivity index (χ1) is 14.3. The Labute approximate surface area is 175 Å². The second-order valence-electron chi connectivity index (χ2n) is 7.30. The van der Waals surface area contributed by atoms with E-state index in [1.165, 1.54) is 18.4 Å². The molecule has 0 bridgehead atoms. The molecule has 0 spiro atoms. The van der Waals surface area contributed by atoms with Crippen LogP contribution in [0.5, 0.6) is 0 Å². The fraction of sp³-hybridized carbons (Fsp3) is 0.381. The molecule has 1 fully saturated rings. The van der Waals surface area contributed by atoms with E-state index in [0.717, 1.165) is 37.3 Å². The second kappa shape index (κ2) is 10.1. The summed E-state index contributed by atoms with van der Waals surface area (Å²) in [5.74, 6) is -2.69. The lowest BCUT2D eigenvalue weighted by atomic mass is 10.1. The normalized spacial score (nSPS) is 14.7. The molecule has 1 amide bonds. The topological polar surface area (TPSA) is 78.5 Å². The van der Waals surface area contributed by atoms with E-state index in [-0.39, 0.29) is 18.9 Å². The monoisotopic (exact) mass is 437 g/mol. The second-order valence-corrected chi connectivity index (χ2v) is 9.07. The van der Waals surface area contributed by atoms with Crippen LogP contribution in [0.2, 0.25) is 0 Å². The fourth-order valence-electron chi connectivity index (χ4n) is 3.28. The molecule has 0 radical (unpaired) electrons. The zero-order valence-corrected chi connectivity index (χ0v) is 17.4. The van der Waals surface area contributed by atoms with Crippen molar-refractivity contribution < 1.29 is 22.0 Å². The van der Waals surface area contributed by atoms with E-state index in [2.05, 4.69) is 27.1 Å². The van der Waals surface area contributed by atoms with Crippen LogP contribution in [0.3, 0.4) is 0 Å². The van der Waals surface area contributed by atoms with E-state index in [9.17, 15) is 22.0 Å². The van der Waals surface area contributed by atoms with Gasteiger partial charge in [-0.15, -0.1) is 0 Å². The number of amides is 1. The van der Waals surface area contributed by atoms with Crippen molar-refractivity contribution in [3.8, 4) is 0 Å². The number of halogens is 2. The van der Waals surface area contributed by atoms with Crippen molar-refractivity contribution in [3.63, 3.8) is 0 Å². The molecule has 1 heterocycles. The Bertz CT molecular complexity index is 975. The Hall–Kier alpha value is -2.36. The van der Waals surface area contributed by atoms with Crippen LogP contribution in [-0.4, -0.2) is 38.9 Å². The third kappa shape index (κ3) is 6.32. The molecule has 2 aromatic rings. The third-order valence-corrected chi connectivity index (χ3v) is 6.42. The van der Waals surface area contributed by atoms with Gasteiger partial charge in [-0.1, -0.05) is 24.3 Å². The molecular weight excluding hydrogens is 412 g/mol. The molecule has 1 aliphatic rings. The minimum absolute atomic E-state index is 0.0735. The summed E-state index contributed by atoms with van der Waals surface area (Å²) < 4.78 is 52.5. The van der Waals surface area contributed by atoms with E-state index in [0.29, 0.717) is 12.6 Å². The summed E-state index contributed by atoms with van der Waals surface area (Å²) in [6.45, 7) is 3.40. The van der Waals surface area contributed by atoms with E-state index in [4.69, 9.17) is 0 Å². The highest BCUT2D eigenvalue weighted by molar-refractivity contribution is 7.89. The number of benzene rings is 2. The molecule has 2 aromatic carbocycles. The van der Waals surface area contributed by atoms with E-state index in [1.54, 1.807) is 0 Å². The van der Waals surface area contributed by atoms with Crippen molar-refractivity contribution in [1.29, 1.82) is 0 Å². The van der Waals surface area contributed by atoms with Gasteiger partial charge in [0.2, 0.25) is 15.9 Å². The lowest BCUT2D eigenvalue weighted by molar-refractivity contribution is -0.121. The summed E-state index contributed by atoms with van der Waals surface area (Å²) in [6, 6.07) is 10.4. The standard InChI is InChI=1S/C21H25F2N3O3S/c22-19-8-7-18(13-20(19)23)30(28,29)25-10-9-21(27)24-14-16-3-5-17(6-4-16)15-26-11-1-2-12-26/h3-8,13,25H,1-2,9-12,14-15H2,(H,24,27).